The molecule has 0 aromatic heterocycles. The Morgan fingerprint density at radius 3 is 1.68 bits per heavy atom. The number of hydrogen-bond acceptors (Lipinski definition) is 17. The molecule has 96 heavy (non-hydrogen) atoms. The van der Waals surface area contributed by atoms with Crippen molar-refractivity contribution >= 4 is 71.6 Å². The van der Waals surface area contributed by atoms with Gasteiger partial charge >= 0.3 is 0 Å². The van der Waals surface area contributed by atoms with Crippen LogP contribution < -0.4 is 26.6 Å². The standard InChI is InChI=1S/C69H121N13O14/c1-25-27-28-45(13)57(86)56-60(89)73-50(26-2)62(91)79(22)67(17,38-83)81(24)69(39-84,46(14)36-96-37-53(85)82-31-29-70-30-32-82)74-54(43(9)10)64(93)75(18)51(33-40(3)4)59(88)71-47(15)58(87)72-48(16)61(90)80(23)68(35-49(68)42(7)8)66(95)76(19)52(34-41(5)6)63(92)77(20)55(44(11)12)65(94)78(56)21/h25,27,38-52,54-57,70,74,86H,26,28-37H2,1-24H3,(H,71,88)(H,72,87)(H,73,89)/b27-25+/t45-,46-,47+,48-,49-,50+,51+,52+,54+,55+,56+,57-,67+,68?,69-/m1/s1. The van der Waals surface area contributed by atoms with Crippen LogP contribution in [-0.4, -0.2) is 276 Å². The Balaban J connectivity index is 2.46. The quantitative estimate of drug-likeness (QED) is 0.0792. The largest absolute Gasteiger partial charge is 0.390 e. The van der Waals surface area contributed by atoms with Crippen molar-refractivity contribution in [3.63, 3.8) is 0 Å². The smallest absolute Gasteiger partial charge is 0.249 e. The summed E-state index contributed by atoms with van der Waals surface area (Å²) in [6.07, 6.45) is 3.50. The molecule has 6 N–H and O–H groups in total. The van der Waals surface area contributed by atoms with E-state index in [1.165, 1.54) is 94.6 Å². The predicted molar refractivity (Wildman–Crippen MR) is 365 cm³/mol. The van der Waals surface area contributed by atoms with Crippen molar-refractivity contribution in [2.75, 3.05) is 88.7 Å². The summed E-state index contributed by atoms with van der Waals surface area (Å²) in [7, 11) is 9.84. The van der Waals surface area contributed by atoms with Gasteiger partial charge in [0, 0.05) is 74.4 Å². The van der Waals surface area contributed by atoms with Crippen LogP contribution in [0.25, 0.3) is 0 Å². The average molecular weight is 1360 g/mol. The third-order valence-corrected chi connectivity index (χ3v) is 20.3. The Hall–Kier alpha value is -6.42. The first-order valence-electron chi connectivity index (χ1n) is 34.4. The number of piperazine rings is 1. The number of carbonyl (C=O) groups excluding carboxylic acids is 12. The van der Waals surface area contributed by atoms with E-state index in [0.717, 1.165) is 9.80 Å². The first-order chi connectivity index (χ1) is 44.6. The topological polar surface area (TPSA) is 320 Å². The molecule has 1 aliphatic carbocycles. The molecule has 1 spiro atoms. The first-order valence-corrected chi connectivity index (χ1v) is 34.4. The van der Waals surface area contributed by atoms with Crippen molar-refractivity contribution < 1.29 is 67.4 Å². The number of rotatable bonds is 19. The molecule has 15 atom stereocenters. The fourth-order valence-corrected chi connectivity index (χ4v) is 13.5. The SMILES string of the molecule is C/C=C/C[C@@H](C)[C@@H](O)[C@H]1C(=O)N[C@@H](CC)C(=O)N(C)[C@](C)(C=O)N(C)[C@](C=O)([C@H](C)COCC(=O)N2CCNCC2)N[C@@H](C(C)C)C(=O)N(C)[C@@H](CC(C)C)C(=O)N[C@@H](C)C(=O)N[C@H](C)C(=O)N(C)C2(C[C@@H]2C(C)C)C(=O)N(C)[C@@H](CC(C)C)C(=O)N(C)[C@@H](C(C)C)C(=O)N1C. The summed E-state index contributed by atoms with van der Waals surface area (Å²) in [4.78, 5) is 188. The number of allylic oxidation sites excluding steroid dienone is 2. The highest BCUT2D eigenvalue weighted by molar-refractivity contribution is 6.01. The van der Waals surface area contributed by atoms with Crippen LogP contribution in [0.3, 0.4) is 0 Å². The summed E-state index contributed by atoms with van der Waals surface area (Å²) in [5.41, 5.74) is -5.77. The second-order valence-corrected chi connectivity index (χ2v) is 29.3. The fourth-order valence-electron chi connectivity index (χ4n) is 13.5. The van der Waals surface area contributed by atoms with Crippen LogP contribution in [0.1, 0.15) is 150 Å². The molecule has 1 saturated carbocycles. The number of aldehydes is 2. The number of amides is 10. The van der Waals surface area contributed by atoms with Gasteiger partial charge in [-0.05, 0) is 108 Å². The highest BCUT2D eigenvalue weighted by atomic mass is 16.5. The minimum Gasteiger partial charge on any atom is -0.390 e. The van der Waals surface area contributed by atoms with Gasteiger partial charge in [0.2, 0.25) is 59.1 Å². The lowest BCUT2D eigenvalue weighted by molar-refractivity contribution is -0.169. The molecule has 10 amide bonds. The van der Waals surface area contributed by atoms with Gasteiger partial charge in [-0.15, -0.1) is 0 Å². The molecule has 2 aliphatic heterocycles. The van der Waals surface area contributed by atoms with Crippen LogP contribution in [0.2, 0.25) is 0 Å². The van der Waals surface area contributed by atoms with E-state index in [2.05, 4.69) is 26.6 Å². The van der Waals surface area contributed by atoms with Crippen molar-refractivity contribution in [2.45, 2.75) is 221 Å². The minimum atomic E-state index is -2.15. The summed E-state index contributed by atoms with van der Waals surface area (Å²) in [6, 6.07) is -10.8. The Morgan fingerprint density at radius 1 is 0.635 bits per heavy atom. The van der Waals surface area contributed by atoms with E-state index in [-0.39, 0.29) is 74.9 Å². The number of ether oxygens (including phenoxy) is 1. The van der Waals surface area contributed by atoms with Crippen LogP contribution in [-0.2, 0) is 62.3 Å². The van der Waals surface area contributed by atoms with Crippen LogP contribution >= 0.6 is 0 Å². The van der Waals surface area contributed by atoms with Crippen molar-refractivity contribution in [1.29, 1.82) is 0 Å². The Labute approximate surface area is 572 Å². The second-order valence-electron chi connectivity index (χ2n) is 29.3. The molecule has 2 saturated heterocycles. The number of nitrogens with zero attached hydrogens (tertiary/aromatic N) is 8. The van der Waals surface area contributed by atoms with E-state index in [1.807, 2.05) is 41.5 Å². The number of aliphatic hydroxyl groups excluding tert-OH is 1. The summed E-state index contributed by atoms with van der Waals surface area (Å²) >= 11 is 0. The normalized spacial score (nSPS) is 30.6. The fraction of sp³-hybridized carbons (Fsp3) is 0.797. The van der Waals surface area contributed by atoms with Gasteiger partial charge in [0.05, 0.1) is 18.8 Å². The monoisotopic (exact) mass is 1360 g/mol. The summed E-state index contributed by atoms with van der Waals surface area (Å²) in [5, 5.41) is 27.1. The third kappa shape index (κ3) is 19.1. The van der Waals surface area contributed by atoms with E-state index in [1.54, 1.807) is 72.4 Å². The number of aliphatic hydroxyl groups is 1. The number of likely N-dealkylation sites (N-methyl/N-ethyl adjacent to an activating group) is 7. The van der Waals surface area contributed by atoms with E-state index in [4.69, 9.17) is 4.74 Å². The zero-order valence-electron chi connectivity index (χ0n) is 62.2. The molecule has 27 heteroatoms. The highest BCUT2D eigenvalue weighted by Gasteiger charge is 2.67. The van der Waals surface area contributed by atoms with Crippen LogP contribution in [0, 0.1) is 47.3 Å². The van der Waals surface area contributed by atoms with Gasteiger partial charge in [-0.1, -0.05) is 102 Å². The molecule has 3 fully saturated rings. The van der Waals surface area contributed by atoms with Crippen molar-refractivity contribution in [3.05, 3.63) is 12.2 Å². The van der Waals surface area contributed by atoms with Crippen LogP contribution in [0.5, 0.6) is 0 Å². The van der Waals surface area contributed by atoms with Gasteiger partial charge in [-0.25, -0.2) is 0 Å². The maximum absolute atomic E-state index is 15.4. The van der Waals surface area contributed by atoms with Crippen molar-refractivity contribution in [2.24, 2.45) is 47.3 Å². The van der Waals surface area contributed by atoms with Crippen LogP contribution in [0.15, 0.2) is 12.2 Å². The molecule has 3 rings (SSSR count). The van der Waals surface area contributed by atoms with Gasteiger partial charge in [-0.2, -0.15) is 0 Å². The molecule has 0 bridgehead atoms. The molecule has 3 aliphatic rings. The van der Waals surface area contributed by atoms with Gasteiger partial charge in [0.15, 0.2) is 18.2 Å². The van der Waals surface area contributed by atoms with E-state index >= 15 is 28.8 Å². The molecule has 2 heterocycles. The Kier molecular flexibility index (Phi) is 31.3. The molecule has 27 nitrogen and oxygen atoms in total. The van der Waals surface area contributed by atoms with Crippen LogP contribution in [0.4, 0.5) is 0 Å². The second kappa shape index (κ2) is 35.9. The average Bonchev–Trinajstić information content (AvgIpc) is 1.53. The van der Waals surface area contributed by atoms with Gasteiger partial charge in [0.1, 0.15) is 60.1 Å². The molecule has 0 aromatic carbocycles. The maximum atomic E-state index is 15.4. The van der Waals surface area contributed by atoms with Gasteiger partial charge in [-0.3, -0.25) is 67.8 Å². The van der Waals surface area contributed by atoms with Gasteiger partial charge < -0.3 is 65.4 Å². The zero-order valence-corrected chi connectivity index (χ0v) is 62.2. The minimum absolute atomic E-state index is 0.0869. The Bertz CT molecular complexity index is 2760. The predicted octanol–water partition coefficient (Wildman–Crippen LogP) is 1.70. The summed E-state index contributed by atoms with van der Waals surface area (Å²) in [5.74, 6) is -10.8. The molecular weight excluding hydrogens is 1230 g/mol. The third-order valence-electron chi connectivity index (χ3n) is 20.3. The maximum Gasteiger partial charge on any atom is 0.249 e. The number of hydrogen-bond donors (Lipinski definition) is 6. The molecule has 1 unspecified atom stereocenters. The lowest BCUT2D eigenvalue weighted by Gasteiger charge is -2.53. The lowest BCUT2D eigenvalue weighted by Crippen LogP contribution is -2.76. The van der Waals surface area contributed by atoms with E-state index < -0.39 is 148 Å². The summed E-state index contributed by atoms with van der Waals surface area (Å²) in [6.45, 7) is 30.4. The van der Waals surface area contributed by atoms with E-state index in [9.17, 15) is 33.9 Å². The number of nitrogens with one attached hydrogen (secondary N) is 5. The molecule has 0 aromatic rings. The van der Waals surface area contributed by atoms with Crippen molar-refractivity contribution in [1.82, 2.24) is 65.8 Å². The van der Waals surface area contributed by atoms with Crippen molar-refractivity contribution in [3.8, 4) is 0 Å². The zero-order chi connectivity index (χ0) is 73.6. The lowest BCUT2D eigenvalue weighted by atomic mass is 9.88. The number of carbonyl (C=O) groups is 12. The molecular formula is C69H121N13O14. The Morgan fingerprint density at radius 2 is 1.19 bits per heavy atom. The summed E-state index contributed by atoms with van der Waals surface area (Å²) < 4.78 is 6.08. The highest BCUT2D eigenvalue weighted by Crippen LogP contribution is 2.54. The molecule has 0 radical (unpaired) electrons. The van der Waals surface area contributed by atoms with Gasteiger partial charge in [0.25, 0.3) is 0 Å². The van der Waals surface area contributed by atoms with E-state index in [0.29, 0.717) is 38.8 Å². The molecule has 546 valence electrons. The first kappa shape index (κ1) is 83.8.